The number of alkyl halides is 3. The zero-order chi connectivity index (χ0) is 24.2. The molecule has 0 aliphatic carbocycles. The molecule has 0 atom stereocenters. The minimum absolute atomic E-state index is 0.0270. The van der Waals surface area contributed by atoms with E-state index < -0.39 is 40.8 Å². The third kappa shape index (κ3) is 5.49. The van der Waals surface area contributed by atoms with Gasteiger partial charge >= 0.3 is 6.18 Å². The van der Waals surface area contributed by atoms with Gasteiger partial charge in [-0.1, -0.05) is 23.7 Å². The molecule has 1 heterocycles. The first-order valence-corrected chi connectivity index (χ1v) is 9.79. The maximum absolute atomic E-state index is 14.1. The van der Waals surface area contributed by atoms with E-state index in [0.717, 1.165) is 12.1 Å². The van der Waals surface area contributed by atoms with Crippen LogP contribution in [-0.2, 0) is 10.9 Å². The standard InChI is InChI=1S/C21H17ClF4N4O3/c1-33-9-8-27-19(31)13-7-6-12(10-15(13)22)29-20(32)14-11-28-30(18(14)21(24,25)26)17-5-3-2-4-16(17)23/h2-7,10-11H,8-9H2,1H3,(H,27,31)(H,29,32). The van der Waals surface area contributed by atoms with Crippen LogP contribution in [0.15, 0.2) is 48.7 Å². The van der Waals surface area contributed by atoms with Gasteiger partial charge in [-0.05, 0) is 30.3 Å². The number of nitrogens with one attached hydrogen (secondary N) is 2. The van der Waals surface area contributed by atoms with Crippen LogP contribution in [0.4, 0.5) is 23.2 Å². The highest BCUT2D eigenvalue weighted by molar-refractivity contribution is 6.34. The summed E-state index contributed by atoms with van der Waals surface area (Å²) < 4.78 is 60.5. The quantitative estimate of drug-likeness (QED) is 0.386. The number of nitrogens with zero attached hydrogens (tertiary/aromatic N) is 2. The van der Waals surface area contributed by atoms with Gasteiger partial charge in [0, 0.05) is 19.3 Å². The number of para-hydroxylation sites is 1. The normalized spacial score (nSPS) is 11.3. The number of ether oxygens (including phenoxy) is 1. The van der Waals surface area contributed by atoms with Gasteiger partial charge in [-0.15, -0.1) is 0 Å². The molecule has 0 saturated carbocycles. The smallest absolute Gasteiger partial charge is 0.383 e. The molecule has 33 heavy (non-hydrogen) atoms. The molecule has 0 radical (unpaired) electrons. The van der Waals surface area contributed by atoms with E-state index in [2.05, 4.69) is 15.7 Å². The van der Waals surface area contributed by atoms with E-state index in [9.17, 15) is 27.2 Å². The first-order valence-electron chi connectivity index (χ1n) is 9.41. The lowest BCUT2D eigenvalue weighted by Crippen LogP contribution is -2.27. The van der Waals surface area contributed by atoms with Crippen LogP contribution in [0.2, 0.25) is 5.02 Å². The van der Waals surface area contributed by atoms with Gasteiger partial charge in [-0.25, -0.2) is 9.07 Å². The van der Waals surface area contributed by atoms with Crippen molar-refractivity contribution in [3.63, 3.8) is 0 Å². The topological polar surface area (TPSA) is 85.2 Å². The summed E-state index contributed by atoms with van der Waals surface area (Å²) in [5, 5.41) is 8.40. The molecule has 0 fully saturated rings. The van der Waals surface area contributed by atoms with Crippen LogP contribution in [-0.4, -0.2) is 41.9 Å². The number of anilines is 1. The number of carbonyl (C=O) groups excluding carboxylic acids is 2. The lowest BCUT2D eigenvalue weighted by Gasteiger charge is -2.13. The summed E-state index contributed by atoms with van der Waals surface area (Å²) in [7, 11) is 1.47. The fourth-order valence-corrected chi connectivity index (χ4v) is 3.20. The van der Waals surface area contributed by atoms with Crippen LogP contribution in [0.1, 0.15) is 26.4 Å². The van der Waals surface area contributed by atoms with Crippen molar-refractivity contribution in [3.05, 3.63) is 76.3 Å². The lowest BCUT2D eigenvalue weighted by atomic mass is 10.1. The minimum Gasteiger partial charge on any atom is -0.383 e. The maximum Gasteiger partial charge on any atom is 0.434 e. The molecular formula is C21H17ClF4N4O3. The number of hydrogen-bond donors (Lipinski definition) is 2. The molecule has 0 spiro atoms. The van der Waals surface area contributed by atoms with E-state index >= 15 is 0 Å². The largest absolute Gasteiger partial charge is 0.434 e. The number of amides is 2. The van der Waals surface area contributed by atoms with Gasteiger partial charge in [0.2, 0.25) is 0 Å². The molecule has 2 aromatic carbocycles. The Labute approximate surface area is 190 Å². The van der Waals surface area contributed by atoms with Crippen LogP contribution in [0.3, 0.4) is 0 Å². The highest BCUT2D eigenvalue weighted by Crippen LogP contribution is 2.34. The van der Waals surface area contributed by atoms with Crippen molar-refractivity contribution >= 4 is 29.1 Å². The van der Waals surface area contributed by atoms with Crippen LogP contribution >= 0.6 is 11.6 Å². The number of halogens is 5. The summed E-state index contributed by atoms with van der Waals surface area (Å²) >= 11 is 6.09. The van der Waals surface area contributed by atoms with E-state index in [1.807, 2.05) is 0 Å². The third-order valence-corrected chi connectivity index (χ3v) is 4.74. The summed E-state index contributed by atoms with van der Waals surface area (Å²) in [6, 6.07) is 8.58. The highest BCUT2D eigenvalue weighted by Gasteiger charge is 2.41. The first-order chi connectivity index (χ1) is 15.6. The van der Waals surface area contributed by atoms with Crippen LogP contribution < -0.4 is 10.6 Å². The Hall–Kier alpha value is -3.44. The van der Waals surface area contributed by atoms with Crippen molar-refractivity contribution in [2.24, 2.45) is 0 Å². The molecule has 0 aliphatic heterocycles. The summed E-state index contributed by atoms with van der Waals surface area (Å²) in [5.41, 5.74) is -2.57. The second kappa shape index (κ2) is 10.0. The van der Waals surface area contributed by atoms with Crippen LogP contribution in [0.5, 0.6) is 0 Å². The van der Waals surface area contributed by atoms with Crippen molar-refractivity contribution in [2.75, 3.05) is 25.6 Å². The molecule has 0 unspecified atom stereocenters. The fraction of sp³-hybridized carbons (Fsp3) is 0.190. The Bertz CT molecular complexity index is 1180. The third-order valence-electron chi connectivity index (χ3n) is 4.43. The van der Waals surface area contributed by atoms with Crippen molar-refractivity contribution < 1.29 is 31.9 Å². The molecule has 2 amide bonds. The summed E-state index contributed by atoms with van der Waals surface area (Å²) in [5.74, 6) is -2.57. The van der Waals surface area contributed by atoms with Gasteiger partial charge in [-0.3, -0.25) is 9.59 Å². The molecule has 1 aromatic heterocycles. The summed E-state index contributed by atoms with van der Waals surface area (Å²) in [6.45, 7) is 0.538. The summed E-state index contributed by atoms with van der Waals surface area (Å²) in [4.78, 5) is 24.7. The lowest BCUT2D eigenvalue weighted by molar-refractivity contribution is -0.143. The highest BCUT2D eigenvalue weighted by atomic mass is 35.5. The van der Waals surface area contributed by atoms with E-state index in [1.165, 1.54) is 37.4 Å². The monoisotopic (exact) mass is 484 g/mol. The van der Waals surface area contributed by atoms with Crippen LogP contribution in [0.25, 0.3) is 5.69 Å². The second-order valence-corrected chi connectivity index (χ2v) is 7.07. The maximum atomic E-state index is 14.1. The van der Waals surface area contributed by atoms with Crippen molar-refractivity contribution in [1.82, 2.24) is 15.1 Å². The Balaban J connectivity index is 1.87. The molecule has 0 bridgehead atoms. The van der Waals surface area contributed by atoms with E-state index in [4.69, 9.17) is 16.3 Å². The second-order valence-electron chi connectivity index (χ2n) is 6.67. The van der Waals surface area contributed by atoms with Gasteiger partial charge in [0.25, 0.3) is 11.8 Å². The Morgan fingerprint density at radius 3 is 2.48 bits per heavy atom. The number of methoxy groups -OCH3 is 1. The van der Waals surface area contributed by atoms with Gasteiger partial charge < -0.3 is 15.4 Å². The average molecular weight is 485 g/mol. The molecule has 12 heteroatoms. The van der Waals surface area contributed by atoms with Crippen LogP contribution in [0, 0.1) is 5.82 Å². The zero-order valence-corrected chi connectivity index (χ0v) is 17.8. The number of aromatic nitrogens is 2. The predicted molar refractivity (Wildman–Crippen MR) is 112 cm³/mol. The number of carbonyl (C=O) groups is 2. The van der Waals surface area contributed by atoms with Gasteiger partial charge in [0.05, 0.1) is 29.0 Å². The molecule has 0 aliphatic rings. The predicted octanol–water partition coefficient (Wildman–Crippen LogP) is 4.31. The minimum atomic E-state index is -5.01. The van der Waals surface area contributed by atoms with Crippen molar-refractivity contribution in [1.29, 1.82) is 0 Å². The Kier molecular flexibility index (Phi) is 7.34. The van der Waals surface area contributed by atoms with Crippen molar-refractivity contribution in [2.45, 2.75) is 6.18 Å². The number of rotatable bonds is 7. The Morgan fingerprint density at radius 1 is 1.12 bits per heavy atom. The molecule has 3 aromatic rings. The molecule has 7 nitrogen and oxygen atoms in total. The zero-order valence-electron chi connectivity index (χ0n) is 17.0. The van der Waals surface area contributed by atoms with Gasteiger partial charge in [-0.2, -0.15) is 18.3 Å². The van der Waals surface area contributed by atoms with Gasteiger partial charge in [0.1, 0.15) is 11.5 Å². The number of benzene rings is 2. The molecule has 3 rings (SSSR count). The van der Waals surface area contributed by atoms with E-state index in [0.29, 0.717) is 17.5 Å². The molecule has 174 valence electrons. The molecule has 0 saturated heterocycles. The average Bonchev–Trinajstić information content (AvgIpc) is 3.20. The first kappa shape index (κ1) is 24.2. The van der Waals surface area contributed by atoms with E-state index in [1.54, 1.807) is 0 Å². The molecule has 2 N–H and O–H groups in total. The SMILES string of the molecule is COCCNC(=O)c1ccc(NC(=O)c2cnn(-c3ccccc3F)c2C(F)(F)F)cc1Cl. The van der Waals surface area contributed by atoms with Gasteiger partial charge in [0.15, 0.2) is 5.69 Å². The molecular weight excluding hydrogens is 468 g/mol. The number of hydrogen-bond acceptors (Lipinski definition) is 4. The van der Waals surface area contributed by atoms with Crippen molar-refractivity contribution in [3.8, 4) is 5.69 Å². The Morgan fingerprint density at radius 2 is 1.85 bits per heavy atom. The van der Waals surface area contributed by atoms with E-state index in [-0.39, 0.29) is 22.8 Å². The summed E-state index contributed by atoms with van der Waals surface area (Å²) in [6.07, 6.45) is -4.31. The fourth-order valence-electron chi connectivity index (χ4n) is 2.93.